The fraction of sp³-hybridized carbons (Fsp3) is 0.625. The second-order valence-corrected chi connectivity index (χ2v) is 5.91. The van der Waals surface area contributed by atoms with E-state index in [0.717, 1.165) is 13.1 Å². The Balaban J connectivity index is 1.72. The van der Waals surface area contributed by atoms with Gasteiger partial charge in [0.05, 0.1) is 0 Å². The number of likely N-dealkylation sites (N-methyl/N-ethyl adjacent to an activating group) is 1. The van der Waals surface area contributed by atoms with Crippen LogP contribution in [0.2, 0.25) is 0 Å². The molecule has 0 spiro atoms. The normalized spacial score (nSPS) is 21.5. The number of anilines is 1. The first kappa shape index (κ1) is 12.9. The third kappa shape index (κ3) is 3.10. The molecule has 0 unspecified atom stereocenters. The van der Waals surface area contributed by atoms with Crippen LogP contribution in [0.15, 0.2) is 18.2 Å². The molecule has 3 heteroatoms. The molecule has 0 atom stereocenters. The third-order valence-electron chi connectivity index (χ3n) is 4.40. The fourth-order valence-corrected chi connectivity index (χ4v) is 3.23. The quantitative estimate of drug-likeness (QED) is 0.878. The minimum atomic E-state index is 1.12. The van der Waals surface area contributed by atoms with Crippen molar-refractivity contribution in [3.63, 3.8) is 0 Å². The van der Waals surface area contributed by atoms with Crippen LogP contribution in [0.3, 0.4) is 0 Å². The Morgan fingerprint density at radius 2 is 2.05 bits per heavy atom. The van der Waals surface area contributed by atoms with Crippen molar-refractivity contribution < 1.29 is 0 Å². The van der Waals surface area contributed by atoms with Gasteiger partial charge in [-0.15, -0.1) is 0 Å². The number of fused-ring (bicyclic) bond motifs is 1. The van der Waals surface area contributed by atoms with E-state index in [-0.39, 0.29) is 0 Å². The summed E-state index contributed by atoms with van der Waals surface area (Å²) in [5, 5.41) is 3.53. The van der Waals surface area contributed by atoms with Gasteiger partial charge in [0.2, 0.25) is 0 Å². The molecule has 1 saturated heterocycles. The van der Waals surface area contributed by atoms with E-state index >= 15 is 0 Å². The number of hydrogen-bond acceptors (Lipinski definition) is 3. The van der Waals surface area contributed by atoms with Crippen LogP contribution in [-0.4, -0.2) is 49.6 Å². The Morgan fingerprint density at radius 3 is 3.00 bits per heavy atom. The number of hydrogen-bond donors (Lipinski definition) is 1. The molecule has 0 aromatic heterocycles. The summed E-state index contributed by atoms with van der Waals surface area (Å²) < 4.78 is 0. The highest BCUT2D eigenvalue weighted by Gasteiger charge is 2.16. The van der Waals surface area contributed by atoms with E-state index in [0.29, 0.717) is 0 Å². The first-order valence-corrected chi connectivity index (χ1v) is 7.58. The predicted molar refractivity (Wildman–Crippen MR) is 80.6 cm³/mol. The van der Waals surface area contributed by atoms with Gasteiger partial charge >= 0.3 is 0 Å². The zero-order chi connectivity index (χ0) is 13.1. The van der Waals surface area contributed by atoms with Crippen molar-refractivity contribution in [3.8, 4) is 0 Å². The minimum Gasteiger partial charge on any atom is -0.385 e. The van der Waals surface area contributed by atoms with Gasteiger partial charge in [-0.1, -0.05) is 12.1 Å². The summed E-state index contributed by atoms with van der Waals surface area (Å²) >= 11 is 0. The molecule has 3 nitrogen and oxygen atoms in total. The second-order valence-electron chi connectivity index (χ2n) is 5.91. The lowest BCUT2D eigenvalue weighted by Crippen LogP contribution is -2.29. The van der Waals surface area contributed by atoms with Crippen molar-refractivity contribution in [1.82, 2.24) is 9.80 Å². The summed E-state index contributed by atoms with van der Waals surface area (Å²) in [6, 6.07) is 6.76. The van der Waals surface area contributed by atoms with Crippen LogP contribution in [0.4, 0.5) is 5.69 Å². The molecule has 3 rings (SSSR count). The molecule has 0 radical (unpaired) electrons. The molecular formula is C16H25N3. The molecule has 2 aliphatic heterocycles. The Labute approximate surface area is 116 Å². The first-order valence-electron chi connectivity index (χ1n) is 7.58. The largest absolute Gasteiger partial charge is 0.385 e. The number of rotatable bonds is 2. The molecule has 1 aromatic carbocycles. The molecule has 1 N–H and O–H groups in total. The lowest BCUT2D eigenvalue weighted by atomic mass is 9.97. The molecule has 2 heterocycles. The molecule has 0 saturated carbocycles. The molecule has 1 aromatic rings. The summed E-state index contributed by atoms with van der Waals surface area (Å²) in [6.45, 7) is 7.14. The van der Waals surface area contributed by atoms with Gasteiger partial charge in [-0.05, 0) is 56.6 Å². The van der Waals surface area contributed by atoms with Crippen LogP contribution in [0, 0.1) is 0 Å². The van der Waals surface area contributed by atoms with Crippen LogP contribution in [0.1, 0.15) is 24.0 Å². The monoisotopic (exact) mass is 259 g/mol. The SMILES string of the molecule is CN1CCCN(Cc2cccc3c2CCCN3)CC1. The van der Waals surface area contributed by atoms with Gasteiger partial charge in [0.25, 0.3) is 0 Å². The third-order valence-corrected chi connectivity index (χ3v) is 4.40. The van der Waals surface area contributed by atoms with E-state index in [1.807, 2.05) is 0 Å². The van der Waals surface area contributed by atoms with Gasteiger partial charge in [0, 0.05) is 31.9 Å². The van der Waals surface area contributed by atoms with Crippen LogP contribution >= 0.6 is 0 Å². The Kier molecular flexibility index (Phi) is 4.04. The molecule has 0 bridgehead atoms. The molecule has 19 heavy (non-hydrogen) atoms. The van der Waals surface area contributed by atoms with Crippen molar-refractivity contribution in [3.05, 3.63) is 29.3 Å². The van der Waals surface area contributed by atoms with Crippen molar-refractivity contribution >= 4 is 5.69 Å². The van der Waals surface area contributed by atoms with Crippen LogP contribution < -0.4 is 5.32 Å². The van der Waals surface area contributed by atoms with Crippen molar-refractivity contribution in [1.29, 1.82) is 0 Å². The highest BCUT2D eigenvalue weighted by atomic mass is 15.2. The lowest BCUT2D eigenvalue weighted by molar-refractivity contribution is 0.268. The highest BCUT2D eigenvalue weighted by Crippen LogP contribution is 2.26. The van der Waals surface area contributed by atoms with Gasteiger partial charge in [-0.2, -0.15) is 0 Å². The smallest absolute Gasteiger partial charge is 0.0375 e. The van der Waals surface area contributed by atoms with Crippen molar-refractivity contribution in [2.24, 2.45) is 0 Å². The Morgan fingerprint density at radius 1 is 1.11 bits per heavy atom. The second kappa shape index (κ2) is 5.93. The van der Waals surface area contributed by atoms with E-state index < -0.39 is 0 Å². The number of benzene rings is 1. The van der Waals surface area contributed by atoms with Crippen LogP contribution in [0.5, 0.6) is 0 Å². The molecule has 1 fully saturated rings. The summed E-state index contributed by atoms with van der Waals surface area (Å²) in [7, 11) is 2.23. The molecule has 0 aliphatic carbocycles. The maximum absolute atomic E-state index is 3.53. The predicted octanol–water partition coefficient (Wildman–Crippen LogP) is 2.18. The van der Waals surface area contributed by atoms with Crippen molar-refractivity contribution in [2.45, 2.75) is 25.8 Å². The molecule has 0 amide bonds. The first-order chi connectivity index (χ1) is 9.33. The summed E-state index contributed by atoms with van der Waals surface area (Å²) in [6.07, 6.45) is 3.81. The Bertz CT molecular complexity index is 430. The maximum atomic E-state index is 3.53. The van der Waals surface area contributed by atoms with E-state index in [2.05, 4.69) is 40.4 Å². The number of nitrogens with zero attached hydrogens (tertiary/aromatic N) is 2. The Hall–Kier alpha value is -1.06. The van der Waals surface area contributed by atoms with Crippen LogP contribution in [0.25, 0.3) is 0 Å². The summed E-state index contributed by atoms with van der Waals surface area (Å²) in [4.78, 5) is 5.07. The highest BCUT2D eigenvalue weighted by molar-refractivity contribution is 5.56. The summed E-state index contributed by atoms with van der Waals surface area (Å²) in [5.41, 5.74) is 4.47. The molecule has 2 aliphatic rings. The van der Waals surface area contributed by atoms with E-state index in [1.54, 1.807) is 5.56 Å². The van der Waals surface area contributed by atoms with Gasteiger partial charge in [-0.3, -0.25) is 4.90 Å². The van der Waals surface area contributed by atoms with E-state index in [1.165, 1.54) is 56.7 Å². The zero-order valence-electron chi connectivity index (χ0n) is 12.0. The van der Waals surface area contributed by atoms with Gasteiger partial charge in [0.15, 0.2) is 0 Å². The van der Waals surface area contributed by atoms with E-state index in [9.17, 15) is 0 Å². The molecular weight excluding hydrogens is 234 g/mol. The van der Waals surface area contributed by atoms with Crippen LogP contribution in [-0.2, 0) is 13.0 Å². The van der Waals surface area contributed by atoms with Gasteiger partial charge in [0.1, 0.15) is 0 Å². The minimum absolute atomic E-state index is 1.12. The average Bonchev–Trinajstić information content (AvgIpc) is 2.64. The summed E-state index contributed by atoms with van der Waals surface area (Å²) in [5.74, 6) is 0. The maximum Gasteiger partial charge on any atom is 0.0375 e. The van der Waals surface area contributed by atoms with E-state index in [4.69, 9.17) is 0 Å². The fourth-order valence-electron chi connectivity index (χ4n) is 3.23. The average molecular weight is 259 g/mol. The molecule has 104 valence electrons. The zero-order valence-corrected chi connectivity index (χ0v) is 12.0. The van der Waals surface area contributed by atoms with Gasteiger partial charge in [-0.25, -0.2) is 0 Å². The van der Waals surface area contributed by atoms with Gasteiger partial charge < -0.3 is 10.2 Å². The number of nitrogens with one attached hydrogen (secondary N) is 1. The topological polar surface area (TPSA) is 18.5 Å². The lowest BCUT2D eigenvalue weighted by Gasteiger charge is -2.25. The standard InChI is InChI=1S/C16H25N3/c1-18-9-4-10-19(12-11-18)13-14-5-2-7-16-15(14)6-3-8-17-16/h2,5,7,17H,3-4,6,8-13H2,1H3. The van der Waals surface area contributed by atoms with Crippen molar-refractivity contribution in [2.75, 3.05) is 45.1 Å².